The summed E-state index contributed by atoms with van der Waals surface area (Å²) in [6, 6.07) is 37.9. The van der Waals surface area contributed by atoms with Crippen LogP contribution in [0.2, 0.25) is 0 Å². The molecule has 0 heterocycles. The van der Waals surface area contributed by atoms with Crippen LogP contribution in [0.25, 0.3) is 0 Å². The van der Waals surface area contributed by atoms with E-state index in [0.29, 0.717) is 0 Å². The molecule has 4 aromatic rings. The number of hydrogen-bond donors (Lipinski definition) is 0. The third kappa shape index (κ3) is 4.27. The average Bonchev–Trinajstić information content (AvgIpc) is 2.89. The Kier molecular flexibility index (Phi) is 7.37. The first-order valence-corrected chi connectivity index (χ1v) is 15.6. The van der Waals surface area contributed by atoms with Gasteiger partial charge in [0.15, 0.2) is 14.3 Å². The predicted molar refractivity (Wildman–Crippen MR) is 145 cm³/mol. The van der Waals surface area contributed by atoms with Gasteiger partial charge in [0, 0.05) is 21.2 Å². The molecule has 4 aromatic carbocycles. The number of halogens is 2. The van der Waals surface area contributed by atoms with E-state index in [1.165, 1.54) is 0 Å². The van der Waals surface area contributed by atoms with Crippen molar-refractivity contribution in [1.82, 2.24) is 0 Å². The van der Waals surface area contributed by atoms with Crippen molar-refractivity contribution in [3.8, 4) is 0 Å². The molecule has 0 aromatic heterocycles. The van der Waals surface area contributed by atoms with Crippen LogP contribution in [-0.2, 0) is 9.13 Å². The lowest BCUT2D eigenvalue weighted by atomic mass is 10.4. The van der Waals surface area contributed by atoms with E-state index in [0.717, 1.165) is 21.2 Å². The summed E-state index contributed by atoms with van der Waals surface area (Å²) in [5.74, 6) is 0. The SMILES string of the molecule is O=P(c1ccccc1)(c1ccccc1)[C@H](Br)[C@@H](Br)P(=O)(c1ccccc1)c1ccccc1. The van der Waals surface area contributed by atoms with E-state index in [9.17, 15) is 9.13 Å². The Balaban J connectivity index is 1.91. The van der Waals surface area contributed by atoms with Gasteiger partial charge in [-0.05, 0) is 0 Å². The summed E-state index contributed by atoms with van der Waals surface area (Å²) in [6.45, 7) is 0. The van der Waals surface area contributed by atoms with E-state index in [-0.39, 0.29) is 0 Å². The summed E-state index contributed by atoms with van der Waals surface area (Å²) in [7, 11) is -6.42. The van der Waals surface area contributed by atoms with Gasteiger partial charge in [0.1, 0.15) is 0 Å². The maximum atomic E-state index is 14.9. The van der Waals surface area contributed by atoms with E-state index in [2.05, 4.69) is 31.9 Å². The standard InChI is InChI=1S/C26H22Br2O2P2/c27-25(31(29,21-13-5-1-6-14-21)22-15-7-2-8-16-22)26(28)32(30,23-17-9-3-10-18-23)24-19-11-4-12-20-24/h1-20,25-26H/t25-,26-/m0/s1. The van der Waals surface area contributed by atoms with Crippen LogP contribution in [0.15, 0.2) is 121 Å². The molecule has 162 valence electrons. The molecule has 6 heteroatoms. The van der Waals surface area contributed by atoms with Gasteiger partial charge in [0.05, 0.1) is 9.14 Å². The second kappa shape index (κ2) is 10.1. The smallest absolute Gasteiger partial charge is 0.157 e. The first-order valence-electron chi connectivity index (χ1n) is 10.2. The molecule has 0 N–H and O–H groups in total. The van der Waals surface area contributed by atoms with Gasteiger partial charge in [-0.1, -0.05) is 153 Å². The van der Waals surface area contributed by atoms with Gasteiger partial charge in [-0.15, -0.1) is 0 Å². The predicted octanol–water partition coefficient (Wildman–Crippen LogP) is 6.46. The maximum Gasteiger partial charge on any atom is 0.157 e. The average molecular weight is 588 g/mol. The van der Waals surface area contributed by atoms with E-state index in [4.69, 9.17) is 0 Å². The van der Waals surface area contributed by atoms with Crippen LogP contribution < -0.4 is 21.2 Å². The molecule has 2 nitrogen and oxygen atoms in total. The topological polar surface area (TPSA) is 34.1 Å². The molecule has 0 spiro atoms. The van der Waals surface area contributed by atoms with Gasteiger partial charge in [-0.2, -0.15) is 0 Å². The van der Waals surface area contributed by atoms with Gasteiger partial charge >= 0.3 is 0 Å². The minimum Gasteiger partial charge on any atom is -0.312 e. The van der Waals surface area contributed by atoms with Crippen molar-refractivity contribution in [2.24, 2.45) is 0 Å². The summed E-state index contributed by atoms with van der Waals surface area (Å²) in [6.07, 6.45) is 0. The van der Waals surface area contributed by atoms with Crippen molar-refractivity contribution in [2.45, 2.75) is 9.14 Å². The monoisotopic (exact) mass is 586 g/mol. The third-order valence-electron chi connectivity index (χ3n) is 5.48. The molecule has 0 fully saturated rings. The summed E-state index contributed by atoms with van der Waals surface area (Å²) < 4.78 is 28.5. The molecule has 4 rings (SSSR count). The van der Waals surface area contributed by atoms with Crippen LogP contribution in [0.5, 0.6) is 0 Å². The summed E-state index contributed by atoms with van der Waals surface area (Å²) in [4.78, 5) is 0. The second-order valence-corrected chi connectivity index (χ2v) is 16.6. The fraction of sp³-hybridized carbons (Fsp3) is 0.0769. The molecule has 0 saturated carbocycles. The molecule has 32 heavy (non-hydrogen) atoms. The van der Waals surface area contributed by atoms with Crippen LogP contribution in [0, 0.1) is 0 Å². The van der Waals surface area contributed by atoms with E-state index >= 15 is 0 Å². The molecule has 0 saturated heterocycles. The summed E-state index contributed by atoms with van der Waals surface area (Å²) >= 11 is 7.58. The number of rotatable bonds is 7. The molecule has 0 unspecified atom stereocenters. The second-order valence-electron chi connectivity index (χ2n) is 7.40. The zero-order valence-electron chi connectivity index (χ0n) is 17.2. The lowest BCUT2D eigenvalue weighted by Gasteiger charge is -2.33. The Hall–Kier alpha value is -1.70. The highest BCUT2D eigenvalue weighted by Crippen LogP contribution is 2.63. The fourth-order valence-corrected chi connectivity index (χ4v) is 14.7. The maximum absolute atomic E-state index is 14.9. The zero-order chi connectivity index (χ0) is 22.6. The highest BCUT2D eigenvalue weighted by molar-refractivity contribution is 9.14. The Morgan fingerprint density at radius 2 is 0.594 bits per heavy atom. The number of hydrogen-bond acceptors (Lipinski definition) is 2. The molecule has 2 atom stereocenters. The zero-order valence-corrected chi connectivity index (χ0v) is 22.1. The molecule has 0 radical (unpaired) electrons. The van der Waals surface area contributed by atoms with Crippen LogP contribution in [0.4, 0.5) is 0 Å². The van der Waals surface area contributed by atoms with Crippen LogP contribution in [0.3, 0.4) is 0 Å². The van der Waals surface area contributed by atoms with Crippen molar-refractivity contribution in [3.05, 3.63) is 121 Å². The Bertz CT molecular complexity index is 1060. The lowest BCUT2D eigenvalue weighted by Crippen LogP contribution is -2.33. The summed E-state index contributed by atoms with van der Waals surface area (Å²) in [5.41, 5.74) is 0. The van der Waals surface area contributed by atoms with Gasteiger partial charge in [-0.3, -0.25) is 0 Å². The van der Waals surface area contributed by atoms with Crippen LogP contribution >= 0.6 is 46.1 Å². The first-order chi connectivity index (χ1) is 15.5. The molecule has 0 amide bonds. The molecule has 0 aliphatic carbocycles. The lowest BCUT2D eigenvalue weighted by molar-refractivity contribution is 0.579. The van der Waals surface area contributed by atoms with Crippen molar-refractivity contribution >= 4 is 67.4 Å². The van der Waals surface area contributed by atoms with Gasteiger partial charge in [0.2, 0.25) is 0 Å². The third-order valence-corrected chi connectivity index (χ3v) is 18.0. The quantitative estimate of drug-likeness (QED) is 0.184. The fourth-order valence-electron chi connectivity index (χ4n) is 3.81. The molecule has 0 aliphatic heterocycles. The van der Waals surface area contributed by atoms with Gasteiger partial charge < -0.3 is 9.13 Å². The molecule has 0 aliphatic rings. The highest BCUT2D eigenvalue weighted by Gasteiger charge is 2.47. The highest BCUT2D eigenvalue weighted by atomic mass is 79.9. The Morgan fingerprint density at radius 1 is 0.406 bits per heavy atom. The Labute approximate surface area is 206 Å². The van der Waals surface area contributed by atoms with Crippen LogP contribution in [-0.4, -0.2) is 9.14 Å². The van der Waals surface area contributed by atoms with E-state index in [1.807, 2.05) is 121 Å². The van der Waals surface area contributed by atoms with Crippen molar-refractivity contribution in [1.29, 1.82) is 0 Å². The number of alkyl halides is 2. The Morgan fingerprint density at radius 3 is 0.781 bits per heavy atom. The van der Waals surface area contributed by atoms with Gasteiger partial charge in [0.25, 0.3) is 0 Å². The van der Waals surface area contributed by atoms with Crippen molar-refractivity contribution in [3.63, 3.8) is 0 Å². The molecular weight excluding hydrogens is 566 g/mol. The van der Waals surface area contributed by atoms with E-state index < -0.39 is 23.4 Å². The normalized spacial score (nSPS) is 13.9. The molecular formula is C26H22Br2O2P2. The minimum absolute atomic E-state index is 0.606. The minimum atomic E-state index is -3.21. The molecule has 0 bridgehead atoms. The summed E-state index contributed by atoms with van der Waals surface area (Å²) in [5, 5.41) is 2.91. The largest absolute Gasteiger partial charge is 0.312 e. The van der Waals surface area contributed by atoms with E-state index in [1.54, 1.807) is 0 Å². The van der Waals surface area contributed by atoms with Gasteiger partial charge in [-0.25, -0.2) is 0 Å². The first kappa shape index (κ1) is 23.5. The van der Waals surface area contributed by atoms with Crippen molar-refractivity contribution in [2.75, 3.05) is 0 Å². The number of benzene rings is 4. The van der Waals surface area contributed by atoms with Crippen LogP contribution in [0.1, 0.15) is 0 Å². The van der Waals surface area contributed by atoms with Crippen molar-refractivity contribution < 1.29 is 9.13 Å².